The molecule has 142 valence electrons. The van der Waals surface area contributed by atoms with Crippen molar-refractivity contribution in [1.29, 1.82) is 0 Å². The van der Waals surface area contributed by atoms with Crippen LogP contribution in [0.4, 0.5) is 4.39 Å². The molecule has 26 heavy (non-hydrogen) atoms. The lowest BCUT2D eigenvalue weighted by Crippen LogP contribution is -2.36. The van der Waals surface area contributed by atoms with Crippen LogP contribution in [0.5, 0.6) is 5.75 Å². The maximum atomic E-state index is 14.1. The highest BCUT2D eigenvalue weighted by atomic mass is 32.2. The first-order chi connectivity index (χ1) is 12.6. The molecule has 0 bridgehead atoms. The van der Waals surface area contributed by atoms with Gasteiger partial charge in [0.15, 0.2) is 6.79 Å². The van der Waals surface area contributed by atoms with Crippen molar-refractivity contribution in [3.8, 4) is 5.75 Å². The summed E-state index contributed by atoms with van der Waals surface area (Å²) in [4.78, 5) is 0. The molecule has 1 N–H and O–H groups in total. The van der Waals surface area contributed by atoms with Gasteiger partial charge in [0.05, 0.1) is 23.1 Å². The minimum atomic E-state index is -1.68. The summed E-state index contributed by atoms with van der Waals surface area (Å²) >= 11 is 0. The fourth-order valence-electron chi connectivity index (χ4n) is 2.18. The lowest BCUT2D eigenvalue weighted by atomic mass is 9.98. The zero-order valence-corrected chi connectivity index (χ0v) is 16.6. The summed E-state index contributed by atoms with van der Waals surface area (Å²) in [6.45, 7) is 7.30. The van der Waals surface area contributed by atoms with Gasteiger partial charge in [0.25, 0.3) is 0 Å². The molecule has 2 aromatic rings. The second-order valence-electron chi connectivity index (χ2n) is 6.92. The molecule has 0 heterocycles. The second kappa shape index (κ2) is 8.75. The van der Waals surface area contributed by atoms with Crippen LogP contribution in [0, 0.1) is 12.7 Å². The van der Waals surface area contributed by atoms with E-state index in [0.29, 0.717) is 5.56 Å². The Balaban J connectivity index is 2.64. The summed E-state index contributed by atoms with van der Waals surface area (Å²) in [6, 6.07) is 9.49. The third-order valence-corrected chi connectivity index (χ3v) is 5.14. The van der Waals surface area contributed by atoms with Crippen LogP contribution in [0.15, 0.2) is 42.5 Å². The Morgan fingerprint density at radius 1 is 1.23 bits per heavy atom. The molecule has 1 unspecified atom stereocenters. The van der Waals surface area contributed by atoms with E-state index in [0.717, 1.165) is 5.56 Å². The van der Waals surface area contributed by atoms with Gasteiger partial charge in [0, 0.05) is 12.7 Å². The van der Waals surface area contributed by atoms with E-state index in [9.17, 15) is 8.60 Å². The first kappa shape index (κ1) is 19.0. The van der Waals surface area contributed by atoms with Gasteiger partial charge in [-0.05, 0) is 51.5 Å². The predicted molar refractivity (Wildman–Crippen MR) is 103 cm³/mol. The molecule has 0 radical (unpaired) electrons. The van der Waals surface area contributed by atoms with E-state index in [2.05, 4.69) is 4.72 Å². The largest absolute Gasteiger partial charge is 0.467 e. The van der Waals surface area contributed by atoms with Crippen LogP contribution in [0.1, 0.15) is 44.9 Å². The molecule has 0 spiro atoms. The molecule has 0 aromatic heterocycles. The molecule has 0 amide bonds. The van der Waals surface area contributed by atoms with Gasteiger partial charge in [-0.2, -0.15) is 0 Å². The smallest absolute Gasteiger partial charge is 0.188 e. The van der Waals surface area contributed by atoms with Crippen LogP contribution in [0.3, 0.4) is 0 Å². The summed E-state index contributed by atoms with van der Waals surface area (Å²) in [5.41, 5.74) is 1.77. The predicted octanol–water partition coefficient (Wildman–Crippen LogP) is 4.26. The van der Waals surface area contributed by atoms with E-state index in [1.807, 2.05) is 19.1 Å². The number of benzene rings is 2. The van der Waals surface area contributed by atoms with Gasteiger partial charge in [-0.3, -0.25) is 0 Å². The summed E-state index contributed by atoms with van der Waals surface area (Å²) in [6.07, 6.45) is 0. The lowest BCUT2D eigenvalue weighted by Gasteiger charge is -2.26. The van der Waals surface area contributed by atoms with Crippen molar-refractivity contribution in [2.75, 3.05) is 13.9 Å². The zero-order chi connectivity index (χ0) is 20.2. The first-order valence-electron chi connectivity index (χ1n) is 8.76. The van der Waals surface area contributed by atoms with Gasteiger partial charge in [-0.25, -0.2) is 13.3 Å². The normalized spacial score (nSPS) is 15.8. The van der Waals surface area contributed by atoms with Crippen LogP contribution in [0.2, 0.25) is 0 Å². The standard InChI is InChI=1S/C20H26FNO3S/c1-14-6-8-15(9-7-14)19(22-26(23)20(2,3)4)17-12-16(21)10-11-18(17)25-13-24-5/h6-12,19,22H,13H2,1-5H3/t19?,26-/m1/s1/i19D. The van der Waals surface area contributed by atoms with E-state index in [4.69, 9.17) is 10.8 Å². The van der Waals surface area contributed by atoms with Gasteiger partial charge in [-0.15, -0.1) is 0 Å². The Hall–Kier alpha value is -1.76. The van der Waals surface area contributed by atoms with Crippen molar-refractivity contribution in [1.82, 2.24) is 4.72 Å². The van der Waals surface area contributed by atoms with Crippen LogP contribution < -0.4 is 9.46 Å². The zero-order valence-electron chi connectivity index (χ0n) is 16.8. The Morgan fingerprint density at radius 2 is 1.88 bits per heavy atom. The van der Waals surface area contributed by atoms with Gasteiger partial charge in [-0.1, -0.05) is 29.8 Å². The lowest BCUT2D eigenvalue weighted by molar-refractivity contribution is 0.0502. The highest BCUT2D eigenvalue weighted by Gasteiger charge is 2.27. The number of nitrogens with one attached hydrogen (secondary N) is 1. The van der Waals surface area contributed by atoms with Crippen molar-refractivity contribution >= 4 is 11.0 Å². The number of hydrogen-bond donors (Lipinski definition) is 1. The van der Waals surface area contributed by atoms with E-state index in [1.54, 1.807) is 32.9 Å². The number of rotatable bonds is 7. The molecule has 2 rings (SSSR count). The average molecular weight is 381 g/mol. The van der Waals surface area contributed by atoms with Crippen LogP contribution >= 0.6 is 0 Å². The van der Waals surface area contributed by atoms with Crippen molar-refractivity contribution in [3.63, 3.8) is 0 Å². The van der Waals surface area contributed by atoms with Crippen molar-refractivity contribution in [2.45, 2.75) is 38.5 Å². The average Bonchev–Trinajstić information content (AvgIpc) is 2.60. The van der Waals surface area contributed by atoms with Crippen LogP contribution in [-0.2, 0) is 15.7 Å². The molecule has 0 saturated carbocycles. The molecule has 6 heteroatoms. The third kappa shape index (κ3) is 5.37. The van der Waals surface area contributed by atoms with E-state index in [-0.39, 0.29) is 18.1 Å². The maximum Gasteiger partial charge on any atom is 0.188 e. The number of halogens is 1. The topological polar surface area (TPSA) is 47.6 Å². The minimum absolute atomic E-state index is 0.0506. The Bertz CT molecular complexity index is 808. The summed E-state index contributed by atoms with van der Waals surface area (Å²) in [7, 11) is -0.104. The molecule has 0 aliphatic heterocycles. The third-order valence-electron chi connectivity index (χ3n) is 3.63. The van der Waals surface area contributed by atoms with Gasteiger partial charge in [0.1, 0.15) is 11.6 Å². The molecule has 0 aliphatic rings. The van der Waals surface area contributed by atoms with Crippen molar-refractivity contribution in [3.05, 3.63) is 65.0 Å². The SMILES string of the molecule is [2H]C(N[S@](=O)C(C)(C)C)(c1ccc(C)cc1)c1cc(F)ccc1OCOC. The van der Waals surface area contributed by atoms with Gasteiger partial charge in [0.2, 0.25) is 0 Å². The first-order valence-corrected chi connectivity index (χ1v) is 9.41. The summed E-state index contributed by atoms with van der Waals surface area (Å²) < 4.78 is 48.8. The second-order valence-corrected chi connectivity index (χ2v) is 8.88. The van der Waals surface area contributed by atoms with Gasteiger partial charge < -0.3 is 9.47 Å². The van der Waals surface area contributed by atoms with Crippen LogP contribution in [-0.4, -0.2) is 22.9 Å². The molecule has 0 saturated heterocycles. The Kier molecular flexibility index (Phi) is 6.40. The fraction of sp³-hybridized carbons (Fsp3) is 0.400. The molecule has 2 atom stereocenters. The fourth-order valence-corrected chi connectivity index (χ4v) is 2.90. The molecule has 0 aliphatic carbocycles. The highest BCUT2D eigenvalue weighted by molar-refractivity contribution is 7.84. The maximum absolute atomic E-state index is 14.1. The van der Waals surface area contributed by atoms with E-state index < -0.39 is 27.6 Å². The monoisotopic (exact) mass is 380 g/mol. The quantitative estimate of drug-likeness (QED) is 0.730. The number of hydrogen-bond acceptors (Lipinski definition) is 3. The number of aryl methyl sites for hydroxylation is 1. The molecular weight excluding hydrogens is 353 g/mol. The summed E-state index contributed by atoms with van der Waals surface area (Å²) in [5, 5.41) is 0. The molecule has 0 fully saturated rings. The Morgan fingerprint density at radius 3 is 2.46 bits per heavy atom. The van der Waals surface area contributed by atoms with E-state index in [1.165, 1.54) is 25.3 Å². The van der Waals surface area contributed by atoms with Crippen molar-refractivity contribution < 1.29 is 19.4 Å². The molecule has 2 aromatic carbocycles. The molecule has 4 nitrogen and oxygen atoms in total. The highest BCUT2D eigenvalue weighted by Crippen LogP contribution is 2.32. The minimum Gasteiger partial charge on any atom is -0.467 e. The van der Waals surface area contributed by atoms with Crippen LogP contribution in [0.25, 0.3) is 0 Å². The van der Waals surface area contributed by atoms with Gasteiger partial charge >= 0.3 is 0 Å². The number of ether oxygens (including phenoxy) is 2. The number of methoxy groups -OCH3 is 1. The van der Waals surface area contributed by atoms with E-state index >= 15 is 0 Å². The van der Waals surface area contributed by atoms with Crippen molar-refractivity contribution in [2.24, 2.45) is 0 Å². The Labute approximate surface area is 158 Å². The molecular formula is C20H26FNO3S. The summed E-state index contributed by atoms with van der Waals surface area (Å²) in [5.74, 6) is -0.228.